The summed E-state index contributed by atoms with van der Waals surface area (Å²) in [5, 5.41) is 3.57. The van der Waals surface area contributed by atoms with Crippen LogP contribution in [0.5, 0.6) is 0 Å². The van der Waals surface area contributed by atoms with E-state index in [2.05, 4.69) is 23.5 Å². The van der Waals surface area contributed by atoms with Crippen molar-refractivity contribution in [3.05, 3.63) is 28.3 Å². The molecule has 0 radical (unpaired) electrons. The molecule has 1 aliphatic rings. The quantitative estimate of drug-likeness (QED) is 0.545. The molecule has 1 aliphatic heterocycles. The minimum Gasteiger partial charge on any atom is -0.351 e. The number of piperidine rings is 1. The van der Waals surface area contributed by atoms with Gasteiger partial charge in [-0.3, -0.25) is 4.79 Å². The highest BCUT2D eigenvalue weighted by Crippen LogP contribution is 2.38. The van der Waals surface area contributed by atoms with Crippen molar-refractivity contribution in [3.8, 4) is 10.6 Å². The monoisotopic (exact) mass is 430 g/mol. The molecule has 2 aromatic rings. The molecule has 8 heteroatoms. The summed E-state index contributed by atoms with van der Waals surface area (Å²) < 4.78 is 43.2. The van der Waals surface area contributed by atoms with Gasteiger partial charge in [-0.05, 0) is 43.7 Å². The average molecular weight is 431 g/mol. The number of aromatic nitrogens is 1. The van der Waals surface area contributed by atoms with E-state index < -0.39 is 11.9 Å². The van der Waals surface area contributed by atoms with Crippen molar-refractivity contribution in [3.63, 3.8) is 0 Å². The number of alkyl halides is 3. The smallest absolute Gasteiger partial charge is 0.351 e. The Morgan fingerprint density at radius 3 is 2.66 bits per heavy atom. The lowest BCUT2D eigenvalue weighted by Gasteiger charge is -2.35. The predicted molar refractivity (Wildman–Crippen MR) is 109 cm³/mol. The summed E-state index contributed by atoms with van der Waals surface area (Å²) in [4.78, 5) is 15.8. The van der Waals surface area contributed by atoms with Gasteiger partial charge in [-0.15, -0.1) is 11.3 Å². The van der Waals surface area contributed by atoms with E-state index in [1.807, 2.05) is 18.7 Å². The van der Waals surface area contributed by atoms with Crippen LogP contribution in [0.2, 0.25) is 0 Å². The van der Waals surface area contributed by atoms with Gasteiger partial charge >= 0.3 is 6.18 Å². The van der Waals surface area contributed by atoms with Crippen LogP contribution in [-0.4, -0.2) is 29.1 Å². The molecule has 0 aromatic carbocycles. The van der Waals surface area contributed by atoms with Gasteiger partial charge in [-0.1, -0.05) is 39.3 Å². The maximum Gasteiger partial charge on any atom is 0.452 e. The van der Waals surface area contributed by atoms with Crippen molar-refractivity contribution in [2.24, 2.45) is 11.8 Å². The third kappa shape index (κ3) is 5.21. The van der Waals surface area contributed by atoms with Crippen LogP contribution in [0.1, 0.15) is 68.0 Å². The molecule has 1 amide bonds. The Kier molecular flexibility index (Phi) is 7.91. The van der Waals surface area contributed by atoms with E-state index in [4.69, 9.17) is 0 Å². The Morgan fingerprint density at radius 1 is 1.38 bits per heavy atom. The normalized spacial score (nSPS) is 18.2. The minimum atomic E-state index is -4.58. The van der Waals surface area contributed by atoms with E-state index in [-0.39, 0.29) is 17.2 Å². The lowest BCUT2D eigenvalue weighted by molar-refractivity contribution is -0.156. The Labute approximate surface area is 174 Å². The van der Waals surface area contributed by atoms with Crippen LogP contribution >= 0.6 is 11.3 Å². The molecule has 3 heterocycles. The van der Waals surface area contributed by atoms with Crippen molar-refractivity contribution < 1.29 is 22.5 Å². The number of thiophene rings is 1. The van der Waals surface area contributed by atoms with Crippen LogP contribution in [0.4, 0.5) is 13.2 Å². The predicted octanol–water partition coefficient (Wildman–Crippen LogP) is 6.65. The van der Waals surface area contributed by atoms with Crippen LogP contribution in [0.15, 0.2) is 16.7 Å². The van der Waals surface area contributed by atoms with Gasteiger partial charge in [0.15, 0.2) is 0 Å². The fraction of sp³-hybridized carbons (Fsp3) is 0.619. The van der Waals surface area contributed by atoms with Gasteiger partial charge in [-0.25, -0.2) is 0 Å². The molecule has 1 saturated heterocycles. The van der Waals surface area contributed by atoms with E-state index in [9.17, 15) is 18.0 Å². The lowest BCUT2D eigenvalue weighted by Crippen LogP contribution is -2.41. The number of likely N-dealkylation sites (tertiary alicyclic amines) is 1. The molecule has 3 rings (SSSR count). The second-order valence-corrected chi connectivity index (χ2v) is 8.27. The molecule has 162 valence electrons. The van der Waals surface area contributed by atoms with E-state index >= 15 is 0 Å². The first-order valence-corrected chi connectivity index (χ1v) is 11.0. The summed E-state index contributed by atoms with van der Waals surface area (Å²) in [5.41, 5.74) is 0.0839. The third-order valence-electron chi connectivity index (χ3n) is 5.43. The molecule has 1 fully saturated rings. The summed E-state index contributed by atoms with van der Waals surface area (Å²) in [6.07, 6.45) is -1.38. The highest BCUT2D eigenvalue weighted by atomic mass is 32.1. The Bertz CT molecular complexity index is 813. The summed E-state index contributed by atoms with van der Waals surface area (Å²) in [7, 11) is 0. The first-order valence-electron chi connectivity index (χ1n) is 10.1. The van der Waals surface area contributed by atoms with Crippen LogP contribution < -0.4 is 0 Å². The van der Waals surface area contributed by atoms with Gasteiger partial charge in [0.25, 0.3) is 5.91 Å². The first-order chi connectivity index (χ1) is 13.7. The minimum absolute atomic E-state index is 0.0573. The fourth-order valence-corrected chi connectivity index (χ4v) is 4.57. The average Bonchev–Trinajstić information content (AvgIpc) is 3.34. The molecular formula is C21H29F3N2O2S. The lowest BCUT2D eigenvalue weighted by atomic mass is 9.85. The molecule has 0 spiro atoms. The maximum absolute atomic E-state index is 12.9. The second-order valence-electron chi connectivity index (χ2n) is 7.19. The zero-order chi connectivity index (χ0) is 21.8. The number of amides is 1. The molecule has 0 aliphatic carbocycles. The van der Waals surface area contributed by atoms with Crippen molar-refractivity contribution in [2.45, 2.75) is 60.1 Å². The molecule has 0 N–H and O–H groups in total. The number of hydrogen-bond donors (Lipinski definition) is 0. The van der Waals surface area contributed by atoms with Gasteiger partial charge in [0.05, 0.1) is 9.75 Å². The van der Waals surface area contributed by atoms with Crippen molar-refractivity contribution in [2.75, 3.05) is 13.1 Å². The van der Waals surface area contributed by atoms with Gasteiger partial charge < -0.3 is 9.42 Å². The summed E-state index contributed by atoms with van der Waals surface area (Å²) >= 11 is 1.16. The molecule has 0 saturated carbocycles. The van der Waals surface area contributed by atoms with Crippen LogP contribution in [0, 0.1) is 18.8 Å². The van der Waals surface area contributed by atoms with E-state index in [1.54, 1.807) is 12.1 Å². The van der Waals surface area contributed by atoms with Crippen LogP contribution in [-0.2, 0) is 6.18 Å². The van der Waals surface area contributed by atoms with Crippen LogP contribution in [0.3, 0.4) is 0 Å². The number of halogens is 3. The molecule has 2 unspecified atom stereocenters. The fourth-order valence-electron chi connectivity index (χ4n) is 3.56. The zero-order valence-electron chi connectivity index (χ0n) is 17.6. The highest BCUT2D eigenvalue weighted by Gasteiger charge is 2.39. The maximum atomic E-state index is 12.9. The highest BCUT2D eigenvalue weighted by molar-refractivity contribution is 7.17. The van der Waals surface area contributed by atoms with E-state index in [0.717, 1.165) is 43.7 Å². The van der Waals surface area contributed by atoms with E-state index in [1.165, 1.54) is 6.92 Å². The Balaban J connectivity index is 0.00000145. The SMILES string of the molecule is CC.CCC(C)C1CCCN(C(=O)c2ccc(-c3noc(C(F)(F)F)c3C)s2)C1. The van der Waals surface area contributed by atoms with Gasteiger partial charge in [0, 0.05) is 18.7 Å². The standard InChI is InChI=1S/C19H23F3N2O2S.C2H6/c1-4-11(2)13-6-5-9-24(10-13)18(25)15-8-7-14(27-15)16-12(3)17(26-23-16)19(20,21)22;1-2/h7-8,11,13H,4-6,9-10H2,1-3H3;1-2H3. The van der Waals surface area contributed by atoms with Gasteiger partial charge in [0.2, 0.25) is 5.76 Å². The number of carbonyl (C=O) groups is 1. The molecule has 0 bridgehead atoms. The number of rotatable bonds is 4. The number of nitrogens with zero attached hydrogens (tertiary/aromatic N) is 2. The first kappa shape index (κ1) is 23.4. The van der Waals surface area contributed by atoms with Crippen molar-refractivity contribution in [1.82, 2.24) is 10.1 Å². The largest absolute Gasteiger partial charge is 0.452 e. The topological polar surface area (TPSA) is 46.3 Å². The molecule has 2 aromatic heterocycles. The summed E-state index contributed by atoms with van der Waals surface area (Å²) in [5.74, 6) is -0.0834. The number of carbonyl (C=O) groups excluding carboxylic acids is 1. The third-order valence-corrected chi connectivity index (χ3v) is 6.51. The second kappa shape index (κ2) is 9.78. The summed E-state index contributed by atoms with van der Waals surface area (Å²) in [6, 6.07) is 3.30. The zero-order valence-corrected chi connectivity index (χ0v) is 18.4. The van der Waals surface area contributed by atoms with E-state index in [0.29, 0.717) is 21.6 Å². The Hall–Kier alpha value is -1.83. The molecule has 2 atom stereocenters. The Morgan fingerprint density at radius 2 is 2.07 bits per heavy atom. The number of hydrogen-bond acceptors (Lipinski definition) is 4. The molecule has 29 heavy (non-hydrogen) atoms. The molecule has 4 nitrogen and oxygen atoms in total. The summed E-state index contributed by atoms with van der Waals surface area (Å²) in [6.45, 7) is 11.2. The van der Waals surface area contributed by atoms with Crippen molar-refractivity contribution >= 4 is 17.2 Å². The molecular weight excluding hydrogens is 401 g/mol. The van der Waals surface area contributed by atoms with Gasteiger partial charge in [-0.2, -0.15) is 13.2 Å². The van der Waals surface area contributed by atoms with Gasteiger partial charge in [0.1, 0.15) is 5.69 Å². The van der Waals surface area contributed by atoms with Crippen LogP contribution in [0.25, 0.3) is 10.6 Å². The van der Waals surface area contributed by atoms with Crippen molar-refractivity contribution in [1.29, 1.82) is 0 Å².